The number of hydrogen-bond donors (Lipinski definition) is 1. The maximum Gasteiger partial charge on any atom is 0.234 e. The summed E-state index contributed by atoms with van der Waals surface area (Å²) < 4.78 is 7.47. The summed E-state index contributed by atoms with van der Waals surface area (Å²) in [6, 6.07) is 13.9. The van der Waals surface area contributed by atoms with Gasteiger partial charge in [0.25, 0.3) is 0 Å². The maximum absolute atomic E-state index is 12.7. The fraction of sp³-hybridized carbons (Fsp3) is 0.348. The Bertz CT molecular complexity index is 994. The van der Waals surface area contributed by atoms with Crippen molar-refractivity contribution >= 4 is 23.4 Å². The zero-order valence-electron chi connectivity index (χ0n) is 17.9. The third kappa shape index (κ3) is 4.67. The molecule has 0 fully saturated rings. The van der Waals surface area contributed by atoms with Gasteiger partial charge in [0.1, 0.15) is 5.75 Å². The number of anilines is 1. The predicted octanol–water partition coefficient (Wildman–Crippen LogP) is 4.83. The summed E-state index contributed by atoms with van der Waals surface area (Å²) in [5, 5.41) is 12.5. The van der Waals surface area contributed by atoms with Crippen LogP contribution >= 0.6 is 11.8 Å². The molecule has 6 nitrogen and oxygen atoms in total. The molecule has 0 spiro atoms. The zero-order chi connectivity index (χ0) is 21.5. The molecule has 3 aromatic rings. The molecule has 0 saturated heterocycles. The molecule has 1 aromatic heterocycles. The van der Waals surface area contributed by atoms with Crippen molar-refractivity contribution in [3.05, 3.63) is 53.6 Å². The van der Waals surface area contributed by atoms with Crippen molar-refractivity contribution in [1.82, 2.24) is 14.8 Å². The molecule has 158 valence electrons. The monoisotopic (exact) mass is 424 g/mol. The van der Waals surface area contributed by atoms with E-state index >= 15 is 0 Å². The molecule has 1 heterocycles. The second-order valence-electron chi connectivity index (χ2n) is 6.75. The number of aromatic nitrogens is 3. The van der Waals surface area contributed by atoms with E-state index in [9.17, 15) is 4.79 Å². The summed E-state index contributed by atoms with van der Waals surface area (Å²) >= 11 is 1.39. The zero-order valence-corrected chi connectivity index (χ0v) is 18.8. The third-order valence-corrected chi connectivity index (χ3v) is 5.94. The summed E-state index contributed by atoms with van der Waals surface area (Å²) in [7, 11) is 1.64. The Morgan fingerprint density at radius 3 is 2.37 bits per heavy atom. The Labute approximate surface area is 182 Å². The first-order valence-corrected chi connectivity index (χ1v) is 11.2. The number of thioether (sulfide) groups is 1. The summed E-state index contributed by atoms with van der Waals surface area (Å²) in [4.78, 5) is 12.7. The predicted molar refractivity (Wildman–Crippen MR) is 122 cm³/mol. The highest BCUT2D eigenvalue weighted by molar-refractivity contribution is 7.99. The highest BCUT2D eigenvalue weighted by atomic mass is 32.2. The van der Waals surface area contributed by atoms with Crippen LogP contribution in [-0.2, 0) is 24.2 Å². The van der Waals surface area contributed by atoms with Gasteiger partial charge in [0, 0.05) is 12.2 Å². The first-order valence-electron chi connectivity index (χ1n) is 10.2. The maximum atomic E-state index is 12.7. The number of carbonyl (C=O) groups excluding carboxylic acids is 1. The van der Waals surface area contributed by atoms with Gasteiger partial charge in [-0.15, -0.1) is 10.2 Å². The van der Waals surface area contributed by atoms with Gasteiger partial charge < -0.3 is 14.6 Å². The van der Waals surface area contributed by atoms with Crippen LogP contribution in [0, 0.1) is 0 Å². The summed E-state index contributed by atoms with van der Waals surface area (Å²) in [5.41, 5.74) is 4.14. The summed E-state index contributed by atoms with van der Waals surface area (Å²) in [6.45, 7) is 6.94. The molecule has 2 aromatic carbocycles. The Kier molecular flexibility index (Phi) is 7.52. The molecule has 0 aliphatic rings. The average Bonchev–Trinajstić information content (AvgIpc) is 3.20. The fourth-order valence-corrected chi connectivity index (χ4v) is 4.22. The Morgan fingerprint density at radius 2 is 1.73 bits per heavy atom. The standard InChI is InChI=1S/C23H28N4O2S/c1-5-16-11-10-12-17(6-2)21(16)24-20(28)15-30-23-26-25-22(27(23)7-3)18-13-8-9-14-19(18)29-4/h8-14H,5-7,15H2,1-4H3,(H,24,28). The number of para-hydroxylation sites is 2. The first kappa shape index (κ1) is 21.9. The van der Waals surface area contributed by atoms with Crippen LogP contribution in [0.1, 0.15) is 31.9 Å². The molecule has 1 amide bonds. The number of benzene rings is 2. The van der Waals surface area contributed by atoms with Gasteiger partial charge in [-0.05, 0) is 43.0 Å². The molecular formula is C23H28N4O2S. The van der Waals surface area contributed by atoms with Crippen LogP contribution in [0.2, 0.25) is 0 Å². The Morgan fingerprint density at radius 1 is 1.03 bits per heavy atom. The van der Waals surface area contributed by atoms with E-state index in [2.05, 4.69) is 41.5 Å². The molecule has 7 heteroatoms. The summed E-state index contributed by atoms with van der Waals surface area (Å²) in [6.07, 6.45) is 1.76. The number of rotatable bonds is 9. The van der Waals surface area contributed by atoms with E-state index in [1.165, 1.54) is 11.8 Å². The van der Waals surface area contributed by atoms with Gasteiger partial charge >= 0.3 is 0 Å². The molecule has 0 atom stereocenters. The fourth-order valence-electron chi connectivity index (χ4n) is 3.42. The van der Waals surface area contributed by atoms with E-state index in [4.69, 9.17) is 4.74 Å². The van der Waals surface area contributed by atoms with Crippen molar-refractivity contribution < 1.29 is 9.53 Å². The number of methoxy groups -OCH3 is 1. The number of nitrogens with one attached hydrogen (secondary N) is 1. The van der Waals surface area contributed by atoms with E-state index in [0.717, 1.165) is 46.8 Å². The van der Waals surface area contributed by atoms with Gasteiger partial charge in [0.2, 0.25) is 5.91 Å². The highest BCUT2D eigenvalue weighted by Crippen LogP contribution is 2.31. The SMILES string of the molecule is CCc1cccc(CC)c1NC(=O)CSc1nnc(-c2ccccc2OC)n1CC. The van der Waals surface area contributed by atoms with E-state index in [1.807, 2.05) is 41.8 Å². The lowest BCUT2D eigenvalue weighted by Crippen LogP contribution is -2.17. The molecule has 0 aliphatic carbocycles. The Hall–Kier alpha value is -2.80. The number of aryl methyl sites for hydroxylation is 2. The highest BCUT2D eigenvalue weighted by Gasteiger charge is 2.18. The van der Waals surface area contributed by atoms with Crippen LogP contribution in [0.15, 0.2) is 47.6 Å². The average molecular weight is 425 g/mol. The van der Waals surface area contributed by atoms with E-state index in [-0.39, 0.29) is 11.7 Å². The molecule has 1 N–H and O–H groups in total. The molecular weight excluding hydrogens is 396 g/mol. The minimum Gasteiger partial charge on any atom is -0.496 e. The second-order valence-corrected chi connectivity index (χ2v) is 7.69. The van der Waals surface area contributed by atoms with Gasteiger partial charge in [-0.3, -0.25) is 4.79 Å². The molecule has 0 aliphatic heterocycles. The van der Waals surface area contributed by atoms with Gasteiger partial charge in [-0.25, -0.2) is 0 Å². The largest absolute Gasteiger partial charge is 0.496 e. The number of amides is 1. The van der Waals surface area contributed by atoms with Gasteiger partial charge in [0.05, 0.1) is 18.4 Å². The van der Waals surface area contributed by atoms with Crippen LogP contribution in [0.3, 0.4) is 0 Å². The van der Waals surface area contributed by atoms with Gasteiger partial charge in [-0.2, -0.15) is 0 Å². The molecule has 3 rings (SSSR count). The van der Waals surface area contributed by atoms with Crippen molar-refractivity contribution in [3.63, 3.8) is 0 Å². The molecule has 0 unspecified atom stereocenters. The Balaban J connectivity index is 1.76. The van der Waals surface area contributed by atoms with Crippen molar-refractivity contribution in [2.45, 2.75) is 45.3 Å². The van der Waals surface area contributed by atoms with Crippen molar-refractivity contribution in [2.75, 3.05) is 18.2 Å². The summed E-state index contributed by atoms with van der Waals surface area (Å²) in [5.74, 6) is 1.71. The normalized spacial score (nSPS) is 10.8. The minimum atomic E-state index is -0.0416. The lowest BCUT2D eigenvalue weighted by Gasteiger charge is -2.14. The second kappa shape index (κ2) is 10.3. The molecule has 0 saturated carbocycles. The quantitative estimate of drug-likeness (QED) is 0.498. The number of ether oxygens (including phenoxy) is 1. The van der Waals surface area contributed by atoms with Crippen molar-refractivity contribution in [3.8, 4) is 17.1 Å². The number of carbonyl (C=O) groups is 1. The molecule has 0 bridgehead atoms. The lowest BCUT2D eigenvalue weighted by molar-refractivity contribution is -0.113. The number of hydrogen-bond acceptors (Lipinski definition) is 5. The van der Waals surface area contributed by atoms with Crippen molar-refractivity contribution in [2.24, 2.45) is 0 Å². The lowest BCUT2D eigenvalue weighted by atomic mass is 10.0. The van der Waals surface area contributed by atoms with E-state index in [1.54, 1.807) is 7.11 Å². The minimum absolute atomic E-state index is 0.0416. The topological polar surface area (TPSA) is 69.0 Å². The van der Waals surface area contributed by atoms with Gasteiger partial charge in [0.15, 0.2) is 11.0 Å². The molecule has 30 heavy (non-hydrogen) atoms. The molecule has 0 radical (unpaired) electrons. The van der Waals surface area contributed by atoms with Crippen LogP contribution in [0.25, 0.3) is 11.4 Å². The van der Waals surface area contributed by atoms with Crippen LogP contribution in [0.4, 0.5) is 5.69 Å². The van der Waals surface area contributed by atoms with Crippen molar-refractivity contribution in [1.29, 1.82) is 0 Å². The van der Waals surface area contributed by atoms with E-state index in [0.29, 0.717) is 11.7 Å². The third-order valence-electron chi connectivity index (χ3n) is 4.98. The first-order chi connectivity index (χ1) is 14.6. The van der Waals surface area contributed by atoms with Gasteiger partial charge in [-0.1, -0.05) is 55.9 Å². The number of nitrogens with zero attached hydrogens (tertiary/aromatic N) is 3. The van der Waals surface area contributed by atoms with Crippen LogP contribution in [0.5, 0.6) is 5.75 Å². The van der Waals surface area contributed by atoms with Crippen LogP contribution < -0.4 is 10.1 Å². The smallest absolute Gasteiger partial charge is 0.234 e. The van der Waals surface area contributed by atoms with Crippen LogP contribution in [-0.4, -0.2) is 33.5 Å². The van der Waals surface area contributed by atoms with E-state index < -0.39 is 0 Å².